The summed E-state index contributed by atoms with van der Waals surface area (Å²) in [5, 5.41) is 4.35. The lowest BCUT2D eigenvalue weighted by molar-refractivity contribution is -0.136. The molecule has 0 saturated carbocycles. The highest BCUT2D eigenvalue weighted by Gasteiger charge is 2.29. The standard InChI is InChI=1S/C18H22FN5O3/c1-27-11-17(26)23-7-3-4-12(10-23)18-21-16(9-15(20)25)22-24(18)14-6-2-5-13(19)8-14/h2,5-6,8,12H,3-4,7,9-11H2,1H3,(H2,20,25)/t12-/m0/s1. The maximum absolute atomic E-state index is 13.7. The third-order valence-corrected chi connectivity index (χ3v) is 4.47. The lowest BCUT2D eigenvalue weighted by Crippen LogP contribution is -2.41. The molecule has 1 saturated heterocycles. The molecule has 27 heavy (non-hydrogen) atoms. The zero-order valence-corrected chi connectivity index (χ0v) is 15.1. The fourth-order valence-corrected chi connectivity index (χ4v) is 3.29. The zero-order valence-electron chi connectivity index (χ0n) is 15.1. The summed E-state index contributed by atoms with van der Waals surface area (Å²) in [6.45, 7) is 1.14. The van der Waals surface area contributed by atoms with Gasteiger partial charge in [0.15, 0.2) is 5.82 Å². The van der Waals surface area contributed by atoms with Crippen LogP contribution in [0.4, 0.5) is 4.39 Å². The minimum Gasteiger partial charge on any atom is -0.375 e. The monoisotopic (exact) mass is 375 g/mol. The fourth-order valence-electron chi connectivity index (χ4n) is 3.29. The van der Waals surface area contributed by atoms with E-state index < -0.39 is 11.7 Å². The first kappa shape index (κ1) is 19.0. The highest BCUT2D eigenvalue weighted by Crippen LogP contribution is 2.28. The van der Waals surface area contributed by atoms with Gasteiger partial charge in [0.25, 0.3) is 0 Å². The first-order valence-corrected chi connectivity index (χ1v) is 8.74. The molecule has 1 fully saturated rings. The van der Waals surface area contributed by atoms with E-state index in [1.54, 1.807) is 17.0 Å². The van der Waals surface area contributed by atoms with Gasteiger partial charge in [-0.15, -0.1) is 0 Å². The van der Waals surface area contributed by atoms with E-state index in [1.807, 2.05) is 0 Å². The Morgan fingerprint density at radius 3 is 2.93 bits per heavy atom. The van der Waals surface area contributed by atoms with E-state index in [0.29, 0.717) is 24.6 Å². The number of nitrogens with two attached hydrogens (primary N) is 1. The van der Waals surface area contributed by atoms with E-state index in [4.69, 9.17) is 10.5 Å². The second-order valence-corrected chi connectivity index (χ2v) is 6.53. The molecule has 0 bridgehead atoms. The van der Waals surface area contributed by atoms with E-state index in [0.717, 1.165) is 12.8 Å². The number of halogens is 1. The molecule has 0 spiro atoms. The zero-order chi connectivity index (χ0) is 19.4. The summed E-state index contributed by atoms with van der Waals surface area (Å²) in [6, 6.07) is 5.99. The Morgan fingerprint density at radius 2 is 2.22 bits per heavy atom. The number of primary amides is 1. The number of hydrogen-bond donors (Lipinski definition) is 1. The van der Waals surface area contributed by atoms with Crippen molar-refractivity contribution < 1.29 is 18.7 Å². The highest BCUT2D eigenvalue weighted by atomic mass is 19.1. The minimum absolute atomic E-state index is 0.0240. The summed E-state index contributed by atoms with van der Waals surface area (Å²) in [6.07, 6.45) is 1.51. The molecule has 0 aliphatic carbocycles. The van der Waals surface area contributed by atoms with Gasteiger partial charge in [-0.3, -0.25) is 9.59 Å². The van der Waals surface area contributed by atoms with Crippen LogP contribution in [0.3, 0.4) is 0 Å². The van der Waals surface area contributed by atoms with Crippen LogP contribution >= 0.6 is 0 Å². The predicted molar refractivity (Wildman–Crippen MR) is 94.6 cm³/mol. The van der Waals surface area contributed by atoms with Crippen molar-refractivity contribution in [1.29, 1.82) is 0 Å². The van der Waals surface area contributed by atoms with Gasteiger partial charge in [0.2, 0.25) is 11.8 Å². The fraction of sp³-hybridized carbons (Fsp3) is 0.444. The molecule has 1 atom stereocenters. The minimum atomic E-state index is -0.543. The molecule has 1 aliphatic rings. The number of ether oxygens (including phenoxy) is 1. The Hall–Kier alpha value is -2.81. The molecule has 1 aromatic heterocycles. The largest absolute Gasteiger partial charge is 0.375 e. The summed E-state index contributed by atoms with van der Waals surface area (Å²) in [5.74, 6) is -0.244. The molecule has 2 N–H and O–H groups in total. The van der Waals surface area contributed by atoms with Crippen molar-refractivity contribution in [3.05, 3.63) is 41.7 Å². The number of aromatic nitrogens is 3. The summed E-state index contributed by atoms with van der Waals surface area (Å²) in [7, 11) is 1.48. The predicted octanol–water partition coefficient (Wildman–Crippen LogP) is 0.787. The van der Waals surface area contributed by atoms with Crippen molar-refractivity contribution in [3.8, 4) is 5.69 Å². The Bertz CT molecular complexity index is 838. The molecule has 1 aromatic carbocycles. The summed E-state index contributed by atoms with van der Waals surface area (Å²) in [5.41, 5.74) is 5.77. The van der Waals surface area contributed by atoms with Crippen molar-refractivity contribution in [3.63, 3.8) is 0 Å². The molecule has 2 aromatic rings. The van der Waals surface area contributed by atoms with Crippen LogP contribution in [0.5, 0.6) is 0 Å². The van der Waals surface area contributed by atoms with Gasteiger partial charge in [-0.05, 0) is 31.0 Å². The number of methoxy groups -OCH3 is 1. The molecule has 144 valence electrons. The Morgan fingerprint density at radius 1 is 1.41 bits per heavy atom. The molecule has 3 rings (SSSR count). The number of benzene rings is 1. The van der Waals surface area contributed by atoms with E-state index >= 15 is 0 Å². The van der Waals surface area contributed by atoms with E-state index in [2.05, 4.69) is 10.1 Å². The van der Waals surface area contributed by atoms with Crippen molar-refractivity contribution >= 4 is 11.8 Å². The van der Waals surface area contributed by atoms with Crippen LogP contribution in [0.15, 0.2) is 24.3 Å². The van der Waals surface area contributed by atoms with Gasteiger partial charge in [0.05, 0.1) is 12.1 Å². The van der Waals surface area contributed by atoms with Crippen LogP contribution in [0.25, 0.3) is 5.69 Å². The average Bonchev–Trinajstić information content (AvgIpc) is 3.05. The van der Waals surface area contributed by atoms with Crippen LogP contribution < -0.4 is 5.73 Å². The Labute approximate surface area is 156 Å². The lowest BCUT2D eigenvalue weighted by atomic mass is 9.97. The number of rotatable bonds is 6. The van der Waals surface area contributed by atoms with E-state index in [9.17, 15) is 14.0 Å². The van der Waals surface area contributed by atoms with Gasteiger partial charge >= 0.3 is 0 Å². The van der Waals surface area contributed by atoms with Crippen LogP contribution in [0.1, 0.15) is 30.4 Å². The van der Waals surface area contributed by atoms with Crippen LogP contribution in [-0.4, -0.2) is 58.3 Å². The Balaban J connectivity index is 1.94. The SMILES string of the molecule is COCC(=O)N1CCC[C@H](c2nc(CC(N)=O)nn2-c2cccc(F)c2)C1. The van der Waals surface area contributed by atoms with Crippen LogP contribution in [0.2, 0.25) is 0 Å². The van der Waals surface area contributed by atoms with E-state index in [-0.39, 0.29) is 30.7 Å². The van der Waals surface area contributed by atoms with Gasteiger partial charge in [0.1, 0.15) is 18.2 Å². The number of nitrogens with zero attached hydrogens (tertiary/aromatic N) is 4. The summed E-state index contributed by atoms with van der Waals surface area (Å²) in [4.78, 5) is 29.7. The molecule has 9 heteroatoms. The quantitative estimate of drug-likeness (QED) is 0.804. The van der Waals surface area contributed by atoms with Crippen LogP contribution in [0, 0.1) is 5.82 Å². The van der Waals surface area contributed by atoms with Crippen molar-refractivity contribution in [2.75, 3.05) is 26.8 Å². The molecule has 8 nitrogen and oxygen atoms in total. The second-order valence-electron chi connectivity index (χ2n) is 6.53. The Kier molecular flexibility index (Phi) is 5.80. The summed E-state index contributed by atoms with van der Waals surface area (Å²) >= 11 is 0. The molecule has 1 aliphatic heterocycles. The third-order valence-electron chi connectivity index (χ3n) is 4.47. The van der Waals surface area contributed by atoms with Gasteiger partial charge in [-0.1, -0.05) is 6.07 Å². The first-order chi connectivity index (χ1) is 13.0. The topological polar surface area (TPSA) is 103 Å². The molecule has 0 unspecified atom stereocenters. The van der Waals surface area contributed by atoms with Crippen molar-refractivity contribution in [2.45, 2.75) is 25.2 Å². The molecule has 0 radical (unpaired) electrons. The maximum atomic E-state index is 13.7. The highest BCUT2D eigenvalue weighted by molar-refractivity contribution is 5.77. The first-order valence-electron chi connectivity index (χ1n) is 8.74. The number of piperidine rings is 1. The number of amides is 2. The van der Waals surface area contributed by atoms with Gasteiger partial charge in [0, 0.05) is 26.1 Å². The average molecular weight is 375 g/mol. The van der Waals surface area contributed by atoms with Gasteiger partial charge < -0.3 is 15.4 Å². The number of hydrogen-bond acceptors (Lipinski definition) is 5. The number of carbonyl (C=O) groups is 2. The summed E-state index contributed by atoms with van der Waals surface area (Å²) < 4.78 is 20.2. The lowest BCUT2D eigenvalue weighted by Gasteiger charge is -2.32. The number of likely N-dealkylation sites (tertiary alicyclic amines) is 1. The smallest absolute Gasteiger partial charge is 0.248 e. The number of carbonyl (C=O) groups excluding carboxylic acids is 2. The maximum Gasteiger partial charge on any atom is 0.248 e. The van der Waals surface area contributed by atoms with E-state index in [1.165, 1.54) is 23.9 Å². The molecule has 2 amide bonds. The third kappa shape index (κ3) is 4.48. The molecular weight excluding hydrogens is 353 g/mol. The van der Waals surface area contributed by atoms with Crippen molar-refractivity contribution in [1.82, 2.24) is 19.7 Å². The normalized spacial score (nSPS) is 17.1. The van der Waals surface area contributed by atoms with Crippen molar-refractivity contribution in [2.24, 2.45) is 5.73 Å². The van der Waals surface area contributed by atoms with Gasteiger partial charge in [-0.2, -0.15) is 5.10 Å². The van der Waals surface area contributed by atoms with Crippen LogP contribution in [-0.2, 0) is 20.7 Å². The molecular formula is C18H22FN5O3. The molecule has 2 heterocycles. The van der Waals surface area contributed by atoms with Gasteiger partial charge in [-0.25, -0.2) is 14.1 Å². The second kappa shape index (κ2) is 8.26.